The van der Waals surface area contributed by atoms with Crippen LogP contribution in [0.3, 0.4) is 0 Å². The van der Waals surface area contributed by atoms with Crippen LogP contribution in [0.15, 0.2) is 77.5 Å². The number of aromatic nitrogens is 2. The lowest BCUT2D eigenvalue weighted by atomic mass is 9.96. The van der Waals surface area contributed by atoms with Crippen LogP contribution in [0.1, 0.15) is 46.1 Å². The monoisotopic (exact) mass is 496 g/mol. The van der Waals surface area contributed by atoms with Gasteiger partial charge in [0.25, 0.3) is 0 Å². The Morgan fingerprint density at radius 2 is 1.83 bits per heavy atom. The summed E-state index contributed by atoms with van der Waals surface area (Å²) in [6.07, 6.45) is -1.15. The number of halogens is 3. The van der Waals surface area contributed by atoms with E-state index in [1.165, 1.54) is 12.1 Å². The predicted molar refractivity (Wildman–Crippen MR) is 130 cm³/mol. The number of hydrogen-bond acceptors (Lipinski definition) is 3. The second kappa shape index (κ2) is 8.88. The average Bonchev–Trinajstić information content (AvgIpc) is 3.53. The van der Waals surface area contributed by atoms with Crippen LogP contribution in [-0.4, -0.2) is 19.6 Å². The second-order valence-corrected chi connectivity index (χ2v) is 8.90. The van der Waals surface area contributed by atoms with Crippen molar-refractivity contribution in [3.63, 3.8) is 0 Å². The maximum Gasteiger partial charge on any atom is 0.418 e. The van der Waals surface area contributed by atoms with Crippen LogP contribution in [0, 0.1) is 13.8 Å². The molecule has 2 unspecified atom stereocenters. The van der Waals surface area contributed by atoms with Crippen molar-refractivity contribution in [2.45, 2.75) is 38.7 Å². The lowest BCUT2D eigenvalue weighted by Gasteiger charge is -2.27. The van der Waals surface area contributed by atoms with Crippen LogP contribution in [0.5, 0.6) is 0 Å². The molecule has 1 saturated heterocycles. The molecule has 5 rings (SSSR count). The molecule has 0 spiro atoms. The molecule has 2 atom stereocenters. The molecule has 9 heteroatoms. The van der Waals surface area contributed by atoms with Gasteiger partial charge in [-0.25, -0.2) is 0 Å². The number of nitrogens with one attached hydrogen (secondary N) is 1. The first-order valence-corrected chi connectivity index (χ1v) is 11.5. The molecule has 180 valence electrons. The highest BCUT2D eigenvalue weighted by molar-refractivity contribution is 7.80. The highest BCUT2D eigenvalue weighted by atomic mass is 32.1. The van der Waals surface area contributed by atoms with Crippen LogP contribution < -0.4 is 5.32 Å². The lowest BCUT2D eigenvalue weighted by Crippen LogP contribution is -2.29. The van der Waals surface area contributed by atoms with Gasteiger partial charge in [0.05, 0.1) is 41.8 Å². The molecular weight excluding hydrogens is 473 g/mol. The Morgan fingerprint density at radius 1 is 1.06 bits per heavy atom. The fourth-order valence-electron chi connectivity index (χ4n) is 4.85. The molecular formula is C26H23F3N4OS. The molecule has 0 aliphatic carbocycles. The summed E-state index contributed by atoms with van der Waals surface area (Å²) in [4.78, 5) is 6.55. The number of benzene rings is 1. The third-order valence-electron chi connectivity index (χ3n) is 6.34. The summed E-state index contributed by atoms with van der Waals surface area (Å²) in [5.74, 6) is 0.733. The van der Waals surface area contributed by atoms with E-state index in [-0.39, 0.29) is 17.8 Å². The Labute approximate surface area is 206 Å². The Balaban J connectivity index is 1.65. The van der Waals surface area contributed by atoms with Crippen LogP contribution >= 0.6 is 12.2 Å². The summed E-state index contributed by atoms with van der Waals surface area (Å²) in [5.41, 5.74) is 2.49. The number of aryl methyl sites for hydroxylation is 1. The van der Waals surface area contributed by atoms with E-state index < -0.39 is 11.7 Å². The topological polar surface area (TPSA) is 46.2 Å². The fourth-order valence-corrected chi connectivity index (χ4v) is 5.16. The van der Waals surface area contributed by atoms with E-state index in [1.54, 1.807) is 23.1 Å². The van der Waals surface area contributed by atoms with Gasteiger partial charge in [0, 0.05) is 17.6 Å². The second-order valence-electron chi connectivity index (χ2n) is 8.51. The number of rotatable bonds is 5. The lowest BCUT2D eigenvalue weighted by molar-refractivity contribution is -0.137. The van der Waals surface area contributed by atoms with Crippen molar-refractivity contribution in [2.24, 2.45) is 0 Å². The van der Waals surface area contributed by atoms with Crippen LogP contribution in [-0.2, 0) is 12.7 Å². The minimum Gasteiger partial charge on any atom is -0.467 e. The van der Waals surface area contributed by atoms with Gasteiger partial charge in [-0.3, -0.25) is 4.98 Å². The number of para-hydroxylation sites is 1. The molecule has 5 nitrogen and oxygen atoms in total. The van der Waals surface area contributed by atoms with Gasteiger partial charge in [0.15, 0.2) is 5.11 Å². The van der Waals surface area contributed by atoms with E-state index >= 15 is 0 Å². The number of alkyl halides is 3. The predicted octanol–water partition coefficient (Wildman–Crippen LogP) is 6.27. The van der Waals surface area contributed by atoms with Crippen molar-refractivity contribution in [3.8, 4) is 5.69 Å². The quantitative estimate of drug-likeness (QED) is 0.330. The summed E-state index contributed by atoms with van der Waals surface area (Å²) in [5, 5.41) is 3.91. The molecule has 4 heterocycles. The van der Waals surface area contributed by atoms with Gasteiger partial charge in [-0.1, -0.05) is 18.2 Å². The van der Waals surface area contributed by atoms with Crippen molar-refractivity contribution in [3.05, 3.63) is 107 Å². The third kappa shape index (κ3) is 4.20. The van der Waals surface area contributed by atoms with Gasteiger partial charge in [-0.2, -0.15) is 13.2 Å². The minimum atomic E-state index is -4.47. The smallest absolute Gasteiger partial charge is 0.418 e. The number of pyridine rings is 1. The molecule has 0 saturated carbocycles. The minimum absolute atomic E-state index is 0.0988. The molecule has 1 aromatic carbocycles. The molecule has 0 radical (unpaired) electrons. The number of thiocarbonyl (C=S) groups is 1. The molecule has 0 bridgehead atoms. The Bertz CT molecular complexity index is 1350. The molecule has 35 heavy (non-hydrogen) atoms. The van der Waals surface area contributed by atoms with Crippen molar-refractivity contribution < 1.29 is 17.6 Å². The molecule has 1 aliphatic rings. The third-order valence-corrected chi connectivity index (χ3v) is 6.70. The highest BCUT2D eigenvalue weighted by Crippen LogP contribution is 2.43. The van der Waals surface area contributed by atoms with Crippen molar-refractivity contribution in [1.29, 1.82) is 0 Å². The Morgan fingerprint density at radius 3 is 2.51 bits per heavy atom. The zero-order valence-electron chi connectivity index (χ0n) is 19.1. The maximum atomic E-state index is 13.8. The first kappa shape index (κ1) is 23.2. The fraction of sp³-hybridized carbons (Fsp3) is 0.231. The van der Waals surface area contributed by atoms with E-state index in [4.69, 9.17) is 16.6 Å². The van der Waals surface area contributed by atoms with Gasteiger partial charge >= 0.3 is 6.18 Å². The average molecular weight is 497 g/mol. The van der Waals surface area contributed by atoms with Crippen LogP contribution in [0.4, 0.5) is 13.2 Å². The molecule has 0 amide bonds. The van der Waals surface area contributed by atoms with Crippen molar-refractivity contribution in [1.82, 2.24) is 19.8 Å². The molecule has 3 aromatic heterocycles. The number of furan rings is 1. The van der Waals surface area contributed by atoms with E-state index in [2.05, 4.69) is 10.3 Å². The largest absolute Gasteiger partial charge is 0.467 e. The zero-order chi connectivity index (χ0) is 24.7. The highest BCUT2D eigenvalue weighted by Gasteiger charge is 2.42. The van der Waals surface area contributed by atoms with Gasteiger partial charge in [-0.15, -0.1) is 0 Å². The van der Waals surface area contributed by atoms with Gasteiger partial charge in [0.2, 0.25) is 0 Å². The van der Waals surface area contributed by atoms with Gasteiger partial charge in [0.1, 0.15) is 5.76 Å². The summed E-state index contributed by atoms with van der Waals surface area (Å²) >= 11 is 5.70. The van der Waals surface area contributed by atoms with Crippen LogP contribution in [0.2, 0.25) is 0 Å². The van der Waals surface area contributed by atoms with Crippen molar-refractivity contribution in [2.75, 3.05) is 0 Å². The molecule has 4 aromatic rings. The zero-order valence-corrected chi connectivity index (χ0v) is 19.9. The summed E-state index contributed by atoms with van der Waals surface area (Å²) in [6.45, 7) is 4.07. The maximum absolute atomic E-state index is 13.8. The van der Waals surface area contributed by atoms with E-state index in [0.29, 0.717) is 23.0 Å². The first-order valence-electron chi connectivity index (χ1n) is 11.1. The van der Waals surface area contributed by atoms with Gasteiger partial charge < -0.3 is 19.2 Å². The summed E-state index contributed by atoms with van der Waals surface area (Å²) in [6, 6.07) is 16.3. The Hall–Kier alpha value is -3.59. The van der Waals surface area contributed by atoms with E-state index in [1.807, 2.05) is 55.1 Å². The van der Waals surface area contributed by atoms with Crippen molar-refractivity contribution >= 4 is 17.3 Å². The standard InChI is InChI=1S/C26H23F3N4OS/c1-16-14-19(17(2)33(16)22-11-4-3-9-20(22)26(27,28)29)24-23(21-10-5-6-12-30-21)31-25(35)32(24)15-18-8-7-13-34-18/h3-14,23-24H,15H2,1-2H3,(H,31,35). The SMILES string of the molecule is Cc1cc(C2C(c3ccccn3)NC(=S)N2Cc2ccco2)c(C)n1-c1ccccc1C(F)(F)F. The van der Waals surface area contributed by atoms with Crippen LogP contribution in [0.25, 0.3) is 5.69 Å². The summed E-state index contributed by atoms with van der Waals surface area (Å²) in [7, 11) is 0. The first-order chi connectivity index (χ1) is 16.8. The van der Waals surface area contributed by atoms with E-state index in [9.17, 15) is 13.2 Å². The van der Waals surface area contributed by atoms with Gasteiger partial charge in [-0.05, 0) is 74.1 Å². The summed E-state index contributed by atoms with van der Waals surface area (Å²) < 4.78 is 48.8. The number of nitrogens with zero attached hydrogens (tertiary/aromatic N) is 3. The number of hydrogen-bond donors (Lipinski definition) is 1. The normalized spacial score (nSPS) is 18.2. The Kier molecular flexibility index (Phi) is 5.88. The van der Waals surface area contributed by atoms with E-state index in [0.717, 1.165) is 23.1 Å². The molecule has 1 fully saturated rings. The molecule has 1 aliphatic heterocycles. The molecule has 1 N–H and O–H groups in total.